The van der Waals surface area contributed by atoms with E-state index in [0.29, 0.717) is 11.3 Å². The van der Waals surface area contributed by atoms with E-state index < -0.39 is 12.0 Å². The summed E-state index contributed by atoms with van der Waals surface area (Å²) < 4.78 is 18.0. The number of carbonyl (C=O) groups is 1. The van der Waals surface area contributed by atoms with Crippen LogP contribution in [0.5, 0.6) is 5.75 Å². The van der Waals surface area contributed by atoms with E-state index in [-0.39, 0.29) is 5.82 Å². The molecule has 0 aliphatic rings. The fourth-order valence-corrected chi connectivity index (χ4v) is 0.953. The number of aryl methyl sites for hydroxylation is 1. The van der Waals surface area contributed by atoms with Gasteiger partial charge in [-0.05, 0) is 37.6 Å². The third-order valence-electron chi connectivity index (χ3n) is 1.84. The number of primary amides is 1. The number of halogens is 1. The first kappa shape index (κ1) is 10.5. The van der Waals surface area contributed by atoms with Crippen LogP contribution in [0, 0.1) is 12.7 Å². The van der Waals surface area contributed by atoms with Crippen molar-refractivity contribution in [1.29, 1.82) is 0 Å². The lowest BCUT2D eigenvalue weighted by molar-refractivity contribution is -0.123. The maximum Gasteiger partial charge on any atom is 0.258 e. The van der Waals surface area contributed by atoms with E-state index >= 15 is 0 Å². The van der Waals surface area contributed by atoms with Crippen molar-refractivity contribution in [3.8, 4) is 5.75 Å². The van der Waals surface area contributed by atoms with E-state index in [1.54, 1.807) is 13.8 Å². The summed E-state index contributed by atoms with van der Waals surface area (Å²) in [5.74, 6) is -0.411. The SMILES string of the molecule is Cc1cc(OC(C)C(N)=O)ccc1F. The molecule has 0 radical (unpaired) electrons. The van der Waals surface area contributed by atoms with Gasteiger partial charge >= 0.3 is 0 Å². The predicted octanol–water partition coefficient (Wildman–Crippen LogP) is 1.39. The van der Waals surface area contributed by atoms with Crippen molar-refractivity contribution in [3.63, 3.8) is 0 Å². The van der Waals surface area contributed by atoms with Gasteiger partial charge in [-0.25, -0.2) is 4.39 Å². The number of hydrogen-bond donors (Lipinski definition) is 1. The molecular weight excluding hydrogens is 185 g/mol. The summed E-state index contributed by atoms with van der Waals surface area (Å²) in [5, 5.41) is 0. The standard InChI is InChI=1S/C10H12FNO2/c1-6-5-8(3-4-9(6)11)14-7(2)10(12)13/h3-5,7H,1-2H3,(H2,12,13). The average Bonchev–Trinajstić information content (AvgIpc) is 2.11. The molecule has 0 aliphatic heterocycles. The number of benzene rings is 1. The number of carbonyl (C=O) groups excluding carboxylic acids is 1. The van der Waals surface area contributed by atoms with Crippen LogP contribution in [0.15, 0.2) is 18.2 Å². The minimum Gasteiger partial charge on any atom is -0.481 e. The van der Waals surface area contributed by atoms with Gasteiger partial charge in [0, 0.05) is 0 Å². The summed E-state index contributed by atoms with van der Waals surface area (Å²) in [6, 6.07) is 4.27. The zero-order chi connectivity index (χ0) is 10.7. The molecule has 2 N–H and O–H groups in total. The molecule has 1 atom stereocenters. The molecule has 1 unspecified atom stereocenters. The summed E-state index contributed by atoms with van der Waals surface area (Å²) in [5.41, 5.74) is 5.49. The quantitative estimate of drug-likeness (QED) is 0.796. The maximum atomic E-state index is 12.8. The Morgan fingerprint density at radius 2 is 2.21 bits per heavy atom. The monoisotopic (exact) mass is 197 g/mol. The lowest BCUT2D eigenvalue weighted by Gasteiger charge is -2.11. The molecule has 1 rings (SSSR count). The number of ether oxygens (including phenoxy) is 1. The molecular formula is C10H12FNO2. The minimum absolute atomic E-state index is 0.302. The molecule has 1 aromatic carbocycles. The minimum atomic E-state index is -0.708. The van der Waals surface area contributed by atoms with Crippen LogP contribution in [0.1, 0.15) is 12.5 Å². The molecule has 0 bridgehead atoms. The highest BCUT2D eigenvalue weighted by Gasteiger charge is 2.10. The van der Waals surface area contributed by atoms with E-state index in [1.165, 1.54) is 18.2 Å². The average molecular weight is 197 g/mol. The Morgan fingerprint density at radius 1 is 1.57 bits per heavy atom. The van der Waals surface area contributed by atoms with Gasteiger partial charge in [-0.1, -0.05) is 0 Å². The van der Waals surface area contributed by atoms with Crippen LogP contribution in [0.3, 0.4) is 0 Å². The summed E-state index contributed by atoms with van der Waals surface area (Å²) in [6.45, 7) is 3.16. The highest BCUT2D eigenvalue weighted by atomic mass is 19.1. The predicted molar refractivity (Wildman–Crippen MR) is 50.4 cm³/mol. The normalized spacial score (nSPS) is 12.2. The first-order valence-electron chi connectivity index (χ1n) is 4.23. The molecule has 14 heavy (non-hydrogen) atoms. The Bertz CT molecular complexity index is 352. The van der Waals surface area contributed by atoms with Gasteiger partial charge in [-0.2, -0.15) is 0 Å². The van der Waals surface area contributed by atoms with Crippen LogP contribution < -0.4 is 10.5 Å². The molecule has 1 amide bonds. The second kappa shape index (κ2) is 4.09. The third kappa shape index (κ3) is 2.45. The van der Waals surface area contributed by atoms with E-state index in [4.69, 9.17) is 10.5 Å². The Balaban J connectivity index is 2.78. The van der Waals surface area contributed by atoms with Crippen molar-refractivity contribution in [2.75, 3.05) is 0 Å². The highest BCUT2D eigenvalue weighted by Crippen LogP contribution is 2.16. The molecule has 0 saturated heterocycles. The smallest absolute Gasteiger partial charge is 0.258 e. The molecule has 3 nitrogen and oxygen atoms in total. The topological polar surface area (TPSA) is 52.3 Å². The zero-order valence-corrected chi connectivity index (χ0v) is 8.08. The summed E-state index contributed by atoms with van der Waals surface area (Å²) in [4.78, 5) is 10.7. The Kier molecular flexibility index (Phi) is 3.06. The van der Waals surface area contributed by atoms with Crippen LogP contribution in [-0.2, 0) is 4.79 Å². The molecule has 4 heteroatoms. The number of amides is 1. The molecule has 0 aliphatic carbocycles. The first-order chi connectivity index (χ1) is 6.50. The Labute approximate surface area is 81.7 Å². The molecule has 1 aromatic rings. The van der Waals surface area contributed by atoms with Crippen molar-refractivity contribution >= 4 is 5.91 Å². The lowest BCUT2D eigenvalue weighted by atomic mass is 10.2. The van der Waals surface area contributed by atoms with Gasteiger partial charge in [0.2, 0.25) is 0 Å². The van der Waals surface area contributed by atoms with Crippen molar-refractivity contribution in [2.45, 2.75) is 20.0 Å². The van der Waals surface area contributed by atoms with Crippen molar-refractivity contribution < 1.29 is 13.9 Å². The van der Waals surface area contributed by atoms with Gasteiger partial charge in [0.05, 0.1) is 0 Å². The molecule has 0 fully saturated rings. The first-order valence-corrected chi connectivity index (χ1v) is 4.23. The van der Waals surface area contributed by atoms with Crippen LogP contribution in [0.4, 0.5) is 4.39 Å². The number of rotatable bonds is 3. The van der Waals surface area contributed by atoms with E-state index in [9.17, 15) is 9.18 Å². The molecule has 0 spiro atoms. The lowest BCUT2D eigenvalue weighted by Crippen LogP contribution is -2.30. The fraction of sp³-hybridized carbons (Fsp3) is 0.300. The van der Waals surface area contributed by atoms with Gasteiger partial charge in [0.15, 0.2) is 6.10 Å². The van der Waals surface area contributed by atoms with Crippen LogP contribution in [-0.4, -0.2) is 12.0 Å². The van der Waals surface area contributed by atoms with E-state index in [2.05, 4.69) is 0 Å². The highest BCUT2D eigenvalue weighted by molar-refractivity contribution is 5.78. The second-order valence-electron chi connectivity index (χ2n) is 3.07. The molecule has 76 valence electrons. The number of nitrogens with two attached hydrogens (primary N) is 1. The molecule has 0 saturated carbocycles. The van der Waals surface area contributed by atoms with Crippen molar-refractivity contribution in [1.82, 2.24) is 0 Å². The van der Waals surface area contributed by atoms with Gasteiger partial charge < -0.3 is 10.5 Å². The Hall–Kier alpha value is -1.58. The largest absolute Gasteiger partial charge is 0.481 e. The molecule has 0 aromatic heterocycles. The summed E-state index contributed by atoms with van der Waals surface area (Å²) in [7, 11) is 0. The van der Waals surface area contributed by atoms with Gasteiger partial charge in [-0.3, -0.25) is 4.79 Å². The zero-order valence-electron chi connectivity index (χ0n) is 8.08. The van der Waals surface area contributed by atoms with Crippen LogP contribution >= 0.6 is 0 Å². The van der Waals surface area contributed by atoms with Crippen molar-refractivity contribution in [3.05, 3.63) is 29.6 Å². The van der Waals surface area contributed by atoms with Crippen molar-refractivity contribution in [2.24, 2.45) is 5.73 Å². The molecule has 0 heterocycles. The van der Waals surface area contributed by atoms with E-state index in [0.717, 1.165) is 0 Å². The third-order valence-corrected chi connectivity index (χ3v) is 1.84. The summed E-state index contributed by atoms with van der Waals surface area (Å²) in [6.07, 6.45) is -0.708. The van der Waals surface area contributed by atoms with Gasteiger partial charge in [0.25, 0.3) is 5.91 Å². The van der Waals surface area contributed by atoms with Gasteiger partial charge in [0.1, 0.15) is 11.6 Å². The Morgan fingerprint density at radius 3 is 2.71 bits per heavy atom. The van der Waals surface area contributed by atoms with E-state index in [1.807, 2.05) is 0 Å². The van der Waals surface area contributed by atoms with Gasteiger partial charge in [-0.15, -0.1) is 0 Å². The summed E-state index contributed by atoms with van der Waals surface area (Å²) >= 11 is 0. The fourth-order valence-electron chi connectivity index (χ4n) is 0.953. The van der Waals surface area contributed by atoms with Crippen LogP contribution in [0.2, 0.25) is 0 Å². The maximum absolute atomic E-state index is 12.8. The van der Waals surface area contributed by atoms with Crippen LogP contribution in [0.25, 0.3) is 0 Å². The second-order valence-corrected chi connectivity index (χ2v) is 3.07. The number of hydrogen-bond acceptors (Lipinski definition) is 2.